The summed E-state index contributed by atoms with van der Waals surface area (Å²) in [5, 5.41) is 13.4. The molecule has 0 saturated carbocycles. The number of nitriles is 1. The van der Waals surface area contributed by atoms with Gasteiger partial charge >= 0.3 is 0 Å². The summed E-state index contributed by atoms with van der Waals surface area (Å²) in [5.41, 5.74) is 0.452. The van der Waals surface area contributed by atoms with Crippen molar-refractivity contribution >= 4 is 57.0 Å². The van der Waals surface area contributed by atoms with Gasteiger partial charge in [-0.25, -0.2) is 0 Å². The topological polar surface area (TPSA) is 75.3 Å². The quantitative estimate of drug-likeness (QED) is 0.284. The van der Waals surface area contributed by atoms with E-state index in [9.17, 15) is 10.1 Å². The summed E-state index contributed by atoms with van der Waals surface area (Å²) >= 11 is 10.8. The number of halogens is 2. The van der Waals surface area contributed by atoms with Crippen molar-refractivity contribution in [3.8, 4) is 11.8 Å². The molecule has 0 radical (unpaired) electrons. The van der Waals surface area contributed by atoms with Crippen LogP contribution < -0.4 is 10.1 Å². The van der Waals surface area contributed by atoms with Crippen LogP contribution in [0.1, 0.15) is 12.7 Å². The Bertz CT molecular complexity index is 1120. The number of furan rings is 1. The monoisotopic (exact) mass is 502 g/mol. The molecule has 0 bridgehead atoms. The van der Waals surface area contributed by atoms with E-state index in [1.54, 1.807) is 42.5 Å². The molecule has 3 aromatic rings. The number of carbonyl (C=O) groups is 1. The predicted octanol–water partition coefficient (Wildman–Crippen LogP) is 6.79. The first-order chi connectivity index (χ1) is 14.5. The molecule has 1 aromatic heterocycles. The molecule has 1 heterocycles. The van der Waals surface area contributed by atoms with Crippen molar-refractivity contribution in [1.29, 1.82) is 5.26 Å². The average Bonchev–Trinajstić information content (AvgIpc) is 3.07. The summed E-state index contributed by atoms with van der Waals surface area (Å²) < 4.78 is 11.9. The van der Waals surface area contributed by atoms with Crippen LogP contribution >= 0.6 is 39.3 Å². The van der Waals surface area contributed by atoms with E-state index in [4.69, 9.17) is 20.8 Å². The van der Waals surface area contributed by atoms with Gasteiger partial charge in [0.05, 0.1) is 11.1 Å². The van der Waals surface area contributed by atoms with Crippen molar-refractivity contribution in [3.63, 3.8) is 0 Å². The smallest absolute Gasteiger partial charge is 0.266 e. The zero-order valence-corrected chi connectivity index (χ0v) is 19.0. The second-order valence-corrected chi connectivity index (χ2v) is 8.26. The SMILES string of the molecule is CCOc1cccc(NC(=O)/C(C#N)=C\c2cc(Br)c(Sc3ccc(Cl)cc3)o2)c1. The molecule has 2 aromatic carbocycles. The molecule has 0 aliphatic rings. The minimum atomic E-state index is -0.537. The van der Waals surface area contributed by atoms with E-state index in [1.165, 1.54) is 17.8 Å². The molecular weight excluding hydrogens is 488 g/mol. The van der Waals surface area contributed by atoms with Gasteiger partial charge in [-0.3, -0.25) is 4.79 Å². The van der Waals surface area contributed by atoms with Gasteiger partial charge < -0.3 is 14.5 Å². The summed E-state index contributed by atoms with van der Waals surface area (Å²) in [6.07, 6.45) is 1.40. The minimum absolute atomic E-state index is 0.0823. The average molecular weight is 504 g/mol. The molecule has 1 N–H and O–H groups in total. The van der Waals surface area contributed by atoms with Crippen molar-refractivity contribution in [2.24, 2.45) is 0 Å². The van der Waals surface area contributed by atoms with E-state index >= 15 is 0 Å². The molecule has 1 amide bonds. The molecule has 8 heteroatoms. The van der Waals surface area contributed by atoms with Crippen LogP contribution in [0.25, 0.3) is 6.08 Å². The number of amides is 1. The van der Waals surface area contributed by atoms with Gasteiger partial charge in [0.2, 0.25) is 0 Å². The maximum atomic E-state index is 12.5. The van der Waals surface area contributed by atoms with E-state index < -0.39 is 5.91 Å². The molecule has 0 saturated heterocycles. The highest BCUT2D eigenvalue weighted by atomic mass is 79.9. The van der Waals surface area contributed by atoms with Gasteiger partial charge in [-0.15, -0.1) is 0 Å². The third kappa shape index (κ3) is 5.92. The van der Waals surface area contributed by atoms with Gasteiger partial charge in [0.15, 0.2) is 5.09 Å². The van der Waals surface area contributed by atoms with E-state index in [2.05, 4.69) is 21.2 Å². The molecule has 5 nitrogen and oxygen atoms in total. The highest BCUT2D eigenvalue weighted by molar-refractivity contribution is 9.10. The standard InChI is InChI=1S/C22H16BrClN2O3S/c1-2-28-17-5-3-4-16(11-17)26-21(27)14(13-25)10-18-12-20(23)22(29-18)30-19-8-6-15(24)7-9-19/h3-12H,2H2,1H3,(H,26,27)/b14-10-. The summed E-state index contributed by atoms with van der Waals surface area (Å²) in [7, 11) is 0. The first-order valence-electron chi connectivity index (χ1n) is 8.87. The van der Waals surface area contributed by atoms with Crippen LogP contribution in [-0.4, -0.2) is 12.5 Å². The van der Waals surface area contributed by atoms with Crippen molar-refractivity contribution in [1.82, 2.24) is 0 Å². The normalized spacial score (nSPS) is 11.1. The number of ether oxygens (including phenoxy) is 1. The van der Waals surface area contributed by atoms with E-state index in [0.29, 0.717) is 33.9 Å². The molecule has 0 unspecified atom stereocenters. The number of nitrogens with one attached hydrogen (secondary N) is 1. The third-order valence-corrected chi connectivity index (χ3v) is 5.85. The maximum absolute atomic E-state index is 12.5. The zero-order valence-electron chi connectivity index (χ0n) is 15.8. The van der Waals surface area contributed by atoms with E-state index in [-0.39, 0.29) is 5.57 Å². The Balaban J connectivity index is 1.75. The van der Waals surface area contributed by atoms with Crippen LogP contribution in [0.3, 0.4) is 0 Å². The van der Waals surface area contributed by atoms with Crippen LogP contribution in [0.2, 0.25) is 5.02 Å². The number of benzene rings is 2. The van der Waals surface area contributed by atoms with Gasteiger partial charge in [-0.2, -0.15) is 5.26 Å². The fraction of sp³-hybridized carbons (Fsp3) is 0.0909. The van der Waals surface area contributed by atoms with Crippen LogP contribution in [0.15, 0.2) is 79.0 Å². The number of rotatable bonds is 7. The molecule has 3 rings (SSSR count). The molecule has 152 valence electrons. The van der Waals surface area contributed by atoms with Crippen LogP contribution in [0, 0.1) is 11.3 Å². The van der Waals surface area contributed by atoms with E-state index in [0.717, 1.165) is 9.37 Å². The van der Waals surface area contributed by atoms with Crippen LogP contribution in [0.5, 0.6) is 5.75 Å². The van der Waals surface area contributed by atoms with Gasteiger partial charge in [-0.1, -0.05) is 29.4 Å². The fourth-order valence-electron chi connectivity index (χ4n) is 2.44. The van der Waals surface area contributed by atoms with Gasteiger partial charge in [0, 0.05) is 27.7 Å². The maximum Gasteiger partial charge on any atom is 0.266 e. The molecule has 0 fully saturated rings. The zero-order chi connectivity index (χ0) is 21.5. The van der Waals surface area contributed by atoms with Gasteiger partial charge in [0.1, 0.15) is 23.2 Å². The van der Waals surface area contributed by atoms with Crippen molar-refractivity contribution in [2.45, 2.75) is 16.9 Å². The largest absolute Gasteiger partial charge is 0.494 e. The molecule has 0 aliphatic carbocycles. The molecule has 0 aliphatic heterocycles. The number of nitrogens with zero attached hydrogens (tertiary/aromatic N) is 1. The van der Waals surface area contributed by atoms with Gasteiger partial charge in [0.25, 0.3) is 5.91 Å². The Morgan fingerprint density at radius 2 is 2.07 bits per heavy atom. The number of hydrogen-bond donors (Lipinski definition) is 1. The first kappa shape index (κ1) is 22.0. The fourth-order valence-corrected chi connectivity index (χ4v) is 3.89. The van der Waals surface area contributed by atoms with Crippen LogP contribution in [-0.2, 0) is 4.79 Å². The molecule has 0 spiro atoms. The summed E-state index contributed by atoms with van der Waals surface area (Å²) in [5.74, 6) is 0.482. The number of anilines is 1. The summed E-state index contributed by atoms with van der Waals surface area (Å²) in [6, 6.07) is 17.9. The summed E-state index contributed by atoms with van der Waals surface area (Å²) in [4.78, 5) is 13.5. The number of carbonyl (C=O) groups excluding carboxylic acids is 1. The highest BCUT2D eigenvalue weighted by Gasteiger charge is 2.14. The van der Waals surface area contributed by atoms with E-state index in [1.807, 2.05) is 25.1 Å². The van der Waals surface area contributed by atoms with Crippen molar-refractivity contribution < 1.29 is 13.9 Å². The molecular formula is C22H16BrClN2O3S. The lowest BCUT2D eigenvalue weighted by Crippen LogP contribution is -2.13. The summed E-state index contributed by atoms with van der Waals surface area (Å²) in [6.45, 7) is 2.40. The lowest BCUT2D eigenvalue weighted by atomic mass is 10.2. The molecule has 0 atom stereocenters. The second-order valence-electron chi connectivity index (χ2n) is 5.92. The Labute approximate surface area is 191 Å². The Kier molecular flexibility index (Phi) is 7.63. The predicted molar refractivity (Wildman–Crippen MR) is 122 cm³/mol. The Hall–Kier alpha value is -2.66. The highest BCUT2D eigenvalue weighted by Crippen LogP contribution is 2.37. The van der Waals surface area contributed by atoms with Gasteiger partial charge in [-0.05, 0) is 65.3 Å². The lowest BCUT2D eigenvalue weighted by Gasteiger charge is -2.07. The molecule has 30 heavy (non-hydrogen) atoms. The van der Waals surface area contributed by atoms with Crippen molar-refractivity contribution in [2.75, 3.05) is 11.9 Å². The Morgan fingerprint density at radius 3 is 2.77 bits per heavy atom. The number of hydrogen-bond acceptors (Lipinski definition) is 5. The third-order valence-electron chi connectivity index (χ3n) is 3.75. The lowest BCUT2D eigenvalue weighted by molar-refractivity contribution is -0.112. The first-order valence-corrected chi connectivity index (χ1v) is 10.9. The minimum Gasteiger partial charge on any atom is -0.494 e. The Morgan fingerprint density at radius 1 is 1.30 bits per heavy atom. The second kappa shape index (κ2) is 10.4. The van der Waals surface area contributed by atoms with Crippen LogP contribution in [0.4, 0.5) is 5.69 Å². The van der Waals surface area contributed by atoms with Crippen molar-refractivity contribution in [3.05, 3.63) is 75.4 Å².